The summed E-state index contributed by atoms with van der Waals surface area (Å²) in [5, 5.41) is 13.8. The van der Waals surface area contributed by atoms with Crippen LogP contribution in [0.1, 0.15) is 25.6 Å². The number of halogens is 1. The quantitative estimate of drug-likeness (QED) is 0.277. The molecule has 2 aromatic heterocycles. The average molecular weight is 442 g/mol. The van der Waals surface area contributed by atoms with Gasteiger partial charge in [-0.3, -0.25) is 10.1 Å². The number of furan rings is 1. The molecule has 1 aliphatic carbocycles. The van der Waals surface area contributed by atoms with E-state index >= 15 is 0 Å². The molecule has 0 spiro atoms. The third kappa shape index (κ3) is 5.08. The number of rotatable bonds is 6. The fourth-order valence-electron chi connectivity index (χ4n) is 2.45. The van der Waals surface area contributed by atoms with Crippen molar-refractivity contribution in [2.45, 2.75) is 32.2 Å². The summed E-state index contributed by atoms with van der Waals surface area (Å²) in [5.41, 5.74) is 0. The summed E-state index contributed by atoms with van der Waals surface area (Å²) < 4.78 is 5.28. The molecule has 0 aromatic carbocycles. The summed E-state index contributed by atoms with van der Waals surface area (Å²) >= 11 is 0. The van der Waals surface area contributed by atoms with E-state index in [1.54, 1.807) is 6.26 Å². The maximum absolute atomic E-state index is 5.28. The van der Waals surface area contributed by atoms with Gasteiger partial charge >= 0.3 is 0 Å². The average Bonchev–Trinajstić information content (AvgIpc) is 3.30. The number of aromatic amines is 1. The first-order chi connectivity index (χ1) is 11.3. The van der Waals surface area contributed by atoms with Crippen LogP contribution in [0, 0.1) is 0 Å². The summed E-state index contributed by atoms with van der Waals surface area (Å²) in [7, 11) is 0. The summed E-state index contributed by atoms with van der Waals surface area (Å²) in [5.74, 6) is 2.90. The van der Waals surface area contributed by atoms with E-state index in [1.807, 2.05) is 12.1 Å². The SMILES string of the molecule is CCNC(=NCCc1nc(-c2ccco2)n[nH]1)NC1CC=CC1.I. The zero-order valence-corrected chi connectivity index (χ0v) is 16.0. The second-order valence-corrected chi connectivity index (χ2v) is 5.38. The van der Waals surface area contributed by atoms with Crippen LogP contribution in [-0.4, -0.2) is 40.3 Å². The van der Waals surface area contributed by atoms with Gasteiger partial charge in [-0.15, -0.1) is 24.0 Å². The lowest BCUT2D eigenvalue weighted by atomic mass is 10.2. The number of hydrogen-bond acceptors (Lipinski definition) is 4. The lowest BCUT2D eigenvalue weighted by Gasteiger charge is -2.16. The van der Waals surface area contributed by atoms with Crippen molar-refractivity contribution < 1.29 is 4.42 Å². The molecule has 2 heterocycles. The van der Waals surface area contributed by atoms with Crippen LogP contribution in [0.25, 0.3) is 11.6 Å². The Labute approximate surface area is 158 Å². The number of aromatic nitrogens is 3. The van der Waals surface area contributed by atoms with Crippen molar-refractivity contribution in [2.75, 3.05) is 13.1 Å². The molecule has 0 unspecified atom stereocenters. The lowest BCUT2D eigenvalue weighted by Crippen LogP contribution is -2.42. The van der Waals surface area contributed by atoms with Gasteiger partial charge < -0.3 is 15.1 Å². The van der Waals surface area contributed by atoms with Gasteiger partial charge in [-0.25, -0.2) is 4.98 Å². The molecule has 24 heavy (non-hydrogen) atoms. The summed E-state index contributed by atoms with van der Waals surface area (Å²) in [4.78, 5) is 9.02. The molecule has 7 nitrogen and oxygen atoms in total. The Kier molecular flexibility index (Phi) is 7.29. The molecule has 0 bridgehead atoms. The molecule has 0 fully saturated rings. The van der Waals surface area contributed by atoms with Gasteiger partial charge in [0.15, 0.2) is 11.7 Å². The number of aliphatic imine (C=N–C) groups is 1. The molecular formula is C16H23IN6O. The van der Waals surface area contributed by atoms with Gasteiger partial charge in [0.1, 0.15) is 5.82 Å². The second-order valence-electron chi connectivity index (χ2n) is 5.38. The number of hydrogen-bond donors (Lipinski definition) is 3. The maximum atomic E-state index is 5.28. The highest BCUT2D eigenvalue weighted by Gasteiger charge is 2.12. The number of guanidine groups is 1. The highest BCUT2D eigenvalue weighted by Crippen LogP contribution is 2.14. The predicted octanol–water partition coefficient (Wildman–Crippen LogP) is 2.50. The topological polar surface area (TPSA) is 91.1 Å². The van der Waals surface area contributed by atoms with E-state index in [1.165, 1.54) is 0 Å². The second kappa shape index (κ2) is 9.45. The normalized spacial score (nSPS) is 14.6. The number of H-pyrrole nitrogens is 1. The van der Waals surface area contributed by atoms with Crippen LogP contribution in [0.3, 0.4) is 0 Å². The van der Waals surface area contributed by atoms with Gasteiger partial charge in [0, 0.05) is 25.6 Å². The standard InChI is InChI=1S/C16H22N6O.HI/c1-2-17-16(19-12-6-3-4-7-12)18-10-9-14-20-15(22-21-14)13-8-5-11-23-13;/h3-5,8,11-12H,2,6-7,9-10H2,1H3,(H2,17,18,19)(H,20,21,22);1H. The summed E-state index contributed by atoms with van der Waals surface area (Å²) in [6.07, 6.45) is 8.82. The van der Waals surface area contributed by atoms with Gasteiger partial charge in [-0.05, 0) is 31.9 Å². The van der Waals surface area contributed by atoms with Crippen LogP contribution >= 0.6 is 24.0 Å². The molecular weight excluding hydrogens is 419 g/mol. The molecule has 0 aliphatic heterocycles. The van der Waals surface area contributed by atoms with Crippen LogP contribution in [0.2, 0.25) is 0 Å². The van der Waals surface area contributed by atoms with Crippen molar-refractivity contribution >= 4 is 29.9 Å². The number of nitrogens with zero attached hydrogens (tertiary/aromatic N) is 3. The van der Waals surface area contributed by atoms with Gasteiger partial charge in [0.2, 0.25) is 5.82 Å². The fraction of sp³-hybridized carbons (Fsp3) is 0.438. The van der Waals surface area contributed by atoms with Gasteiger partial charge in [0.05, 0.1) is 6.26 Å². The minimum atomic E-state index is 0. The molecule has 0 radical (unpaired) electrons. The molecule has 3 N–H and O–H groups in total. The monoisotopic (exact) mass is 442 g/mol. The molecule has 0 saturated heterocycles. The van der Waals surface area contributed by atoms with E-state index in [4.69, 9.17) is 4.42 Å². The van der Waals surface area contributed by atoms with Gasteiger partial charge in [-0.1, -0.05) is 12.2 Å². The summed E-state index contributed by atoms with van der Waals surface area (Å²) in [6, 6.07) is 4.11. The molecule has 0 saturated carbocycles. The van der Waals surface area contributed by atoms with Crippen LogP contribution in [-0.2, 0) is 6.42 Å². The van der Waals surface area contributed by atoms with E-state index in [0.29, 0.717) is 30.6 Å². The molecule has 1 aliphatic rings. The van der Waals surface area contributed by atoms with Gasteiger partial charge in [-0.2, -0.15) is 5.10 Å². The van der Waals surface area contributed by atoms with E-state index in [9.17, 15) is 0 Å². The van der Waals surface area contributed by atoms with Crippen molar-refractivity contribution in [1.82, 2.24) is 25.8 Å². The predicted molar refractivity (Wildman–Crippen MR) is 104 cm³/mol. The summed E-state index contributed by atoms with van der Waals surface area (Å²) in [6.45, 7) is 3.55. The Bertz CT molecular complexity index is 656. The van der Waals surface area contributed by atoms with Crippen LogP contribution < -0.4 is 10.6 Å². The highest BCUT2D eigenvalue weighted by molar-refractivity contribution is 14.0. The van der Waals surface area contributed by atoms with Crippen LogP contribution in [0.4, 0.5) is 0 Å². The molecule has 3 rings (SSSR count). The van der Waals surface area contributed by atoms with Crippen molar-refractivity contribution in [3.63, 3.8) is 0 Å². The molecule has 0 atom stereocenters. The smallest absolute Gasteiger partial charge is 0.216 e. The molecule has 0 amide bonds. The first kappa shape index (κ1) is 18.5. The number of nitrogens with one attached hydrogen (secondary N) is 3. The van der Waals surface area contributed by atoms with E-state index < -0.39 is 0 Å². The molecule has 2 aromatic rings. The Morgan fingerprint density at radius 2 is 2.25 bits per heavy atom. The zero-order chi connectivity index (χ0) is 15.9. The van der Waals surface area contributed by atoms with E-state index in [0.717, 1.165) is 31.2 Å². The Hall–Kier alpha value is -1.84. The van der Waals surface area contributed by atoms with Crippen LogP contribution in [0.5, 0.6) is 0 Å². The van der Waals surface area contributed by atoms with Crippen molar-refractivity contribution in [3.8, 4) is 11.6 Å². The minimum absolute atomic E-state index is 0. The largest absolute Gasteiger partial charge is 0.461 e. The maximum Gasteiger partial charge on any atom is 0.216 e. The van der Waals surface area contributed by atoms with Crippen molar-refractivity contribution in [3.05, 3.63) is 36.4 Å². The minimum Gasteiger partial charge on any atom is -0.461 e. The van der Waals surface area contributed by atoms with Crippen molar-refractivity contribution in [2.24, 2.45) is 4.99 Å². The van der Waals surface area contributed by atoms with E-state index in [2.05, 4.69) is 49.9 Å². The Balaban J connectivity index is 0.00000208. The zero-order valence-electron chi connectivity index (χ0n) is 13.7. The molecule has 130 valence electrons. The first-order valence-corrected chi connectivity index (χ1v) is 8.00. The van der Waals surface area contributed by atoms with Crippen molar-refractivity contribution in [1.29, 1.82) is 0 Å². The highest BCUT2D eigenvalue weighted by atomic mass is 127. The van der Waals surface area contributed by atoms with Gasteiger partial charge in [0.25, 0.3) is 0 Å². The lowest BCUT2D eigenvalue weighted by molar-refractivity contribution is 0.577. The fourth-order valence-corrected chi connectivity index (χ4v) is 2.45. The Morgan fingerprint density at radius 3 is 2.96 bits per heavy atom. The van der Waals surface area contributed by atoms with Crippen LogP contribution in [0.15, 0.2) is 40.0 Å². The first-order valence-electron chi connectivity index (χ1n) is 8.00. The Morgan fingerprint density at radius 1 is 1.42 bits per heavy atom. The van der Waals surface area contributed by atoms with E-state index in [-0.39, 0.29) is 24.0 Å². The molecule has 8 heteroatoms. The third-order valence-corrected chi connectivity index (χ3v) is 3.58. The third-order valence-electron chi connectivity index (χ3n) is 3.58.